The number of likely N-dealkylation sites (tertiary alicyclic amines) is 1. The van der Waals surface area contributed by atoms with E-state index in [1.165, 1.54) is 5.69 Å². The van der Waals surface area contributed by atoms with Gasteiger partial charge in [0.05, 0.1) is 36.0 Å². The van der Waals surface area contributed by atoms with E-state index < -0.39 is 0 Å². The van der Waals surface area contributed by atoms with Crippen LogP contribution in [-0.2, 0) is 5.54 Å². The van der Waals surface area contributed by atoms with Crippen LogP contribution in [0.5, 0.6) is 5.75 Å². The van der Waals surface area contributed by atoms with Gasteiger partial charge in [-0.2, -0.15) is 0 Å². The molecule has 184 valence electrons. The molecule has 3 aromatic carbocycles. The molecule has 1 N–H and O–H groups in total. The van der Waals surface area contributed by atoms with Gasteiger partial charge in [-0.25, -0.2) is 4.98 Å². The number of nitrogens with one attached hydrogen (secondary N) is 1. The molecule has 1 saturated heterocycles. The Morgan fingerprint density at radius 1 is 0.946 bits per heavy atom. The molecule has 0 aliphatic carbocycles. The number of aromatic nitrogens is 3. The number of hydrogen-bond donors (Lipinski definition) is 1. The monoisotopic (exact) mass is 489 g/mol. The molecule has 7 rings (SSSR count). The molecule has 0 unspecified atom stereocenters. The highest BCUT2D eigenvalue weighted by molar-refractivity contribution is 6.09. The number of piperidine rings is 1. The van der Waals surface area contributed by atoms with Crippen LogP contribution in [-0.4, -0.2) is 45.1 Å². The minimum atomic E-state index is -0.229. The van der Waals surface area contributed by atoms with E-state index in [2.05, 4.69) is 51.4 Å². The maximum absolute atomic E-state index is 13.8. The topological polar surface area (TPSA) is 64.3 Å². The van der Waals surface area contributed by atoms with Gasteiger partial charge in [-0.1, -0.05) is 24.3 Å². The molecule has 7 nitrogen and oxygen atoms in total. The van der Waals surface area contributed by atoms with E-state index in [4.69, 9.17) is 4.74 Å². The first-order valence-electron chi connectivity index (χ1n) is 12.6. The van der Waals surface area contributed by atoms with E-state index in [9.17, 15) is 4.79 Å². The van der Waals surface area contributed by atoms with Crippen molar-refractivity contribution in [2.45, 2.75) is 18.4 Å². The van der Waals surface area contributed by atoms with Crippen molar-refractivity contribution in [1.29, 1.82) is 0 Å². The van der Waals surface area contributed by atoms with Crippen molar-refractivity contribution in [2.24, 2.45) is 0 Å². The molecule has 4 heterocycles. The average Bonchev–Trinajstić information content (AvgIpc) is 3.66. The number of carbonyl (C=O) groups excluding carboxylic acids is 1. The zero-order valence-electron chi connectivity index (χ0n) is 20.6. The number of benzene rings is 3. The minimum Gasteiger partial charge on any atom is -0.497 e. The van der Waals surface area contributed by atoms with Gasteiger partial charge >= 0.3 is 0 Å². The van der Waals surface area contributed by atoms with Crippen molar-refractivity contribution in [3.63, 3.8) is 0 Å². The van der Waals surface area contributed by atoms with Gasteiger partial charge < -0.3 is 24.1 Å². The average molecular weight is 490 g/mol. The molecule has 0 saturated carbocycles. The number of rotatable bonds is 3. The van der Waals surface area contributed by atoms with Gasteiger partial charge in [0, 0.05) is 54.4 Å². The van der Waals surface area contributed by atoms with Gasteiger partial charge in [-0.3, -0.25) is 4.79 Å². The third-order valence-electron chi connectivity index (χ3n) is 7.89. The zero-order chi connectivity index (χ0) is 25.0. The molecule has 0 atom stereocenters. The summed E-state index contributed by atoms with van der Waals surface area (Å²) >= 11 is 0. The van der Waals surface area contributed by atoms with Crippen LogP contribution >= 0.6 is 0 Å². The first-order valence-corrected chi connectivity index (χ1v) is 12.6. The van der Waals surface area contributed by atoms with E-state index in [1.807, 2.05) is 52.1 Å². The van der Waals surface area contributed by atoms with Crippen molar-refractivity contribution in [2.75, 3.05) is 25.5 Å². The standard InChI is InChI=1S/C30H27N5O2/c1-37-21-8-10-27-25(19-21)32-30(28-7-4-15-35(27)28)12-16-33(17-13-30)29(36)24-9-11-26(34-18-14-31-20-34)23-6-3-2-5-22(23)24/h2-11,14-15,18-20,32H,12-13,16-17H2,1H3. The van der Waals surface area contributed by atoms with Crippen LogP contribution in [0.4, 0.5) is 5.69 Å². The Balaban J connectivity index is 1.19. The number of ether oxygens (including phenoxy) is 1. The van der Waals surface area contributed by atoms with E-state index >= 15 is 0 Å². The molecule has 7 heteroatoms. The van der Waals surface area contributed by atoms with Crippen molar-refractivity contribution >= 4 is 22.4 Å². The summed E-state index contributed by atoms with van der Waals surface area (Å²) in [5.74, 6) is 0.909. The molecule has 1 amide bonds. The summed E-state index contributed by atoms with van der Waals surface area (Å²) in [6, 6.07) is 22.5. The predicted octanol–water partition coefficient (Wildman–Crippen LogP) is 5.38. The van der Waals surface area contributed by atoms with Crippen LogP contribution in [0.15, 0.2) is 91.6 Å². The highest BCUT2D eigenvalue weighted by atomic mass is 16.5. The van der Waals surface area contributed by atoms with Crippen molar-refractivity contribution in [3.05, 3.63) is 103 Å². The predicted molar refractivity (Wildman–Crippen MR) is 144 cm³/mol. The van der Waals surface area contributed by atoms with Gasteiger partial charge in [0.2, 0.25) is 0 Å². The second kappa shape index (κ2) is 8.27. The van der Waals surface area contributed by atoms with Crippen molar-refractivity contribution < 1.29 is 9.53 Å². The smallest absolute Gasteiger partial charge is 0.254 e. The van der Waals surface area contributed by atoms with E-state index in [-0.39, 0.29) is 11.4 Å². The van der Waals surface area contributed by atoms with Gasteiger partial charge in [0.1, 0.15) is 5.75 Å². The Labute approximate surface area is 214 Å². The quantitative estimate of drug-likeness (QED) is 0.370. The van der Waals surface area contributed by atoms with Gasteiger partial charge in [-0.15, -0.1) is 0 Å². The number of amides is 1. The SMILES string of the molecule is COc1ccc2c(c1)NC1(CCN(C(=O)c3ccc(-n4ccnc4)c4ccccc34)CC1)c1cccn1-2. The van der Waals surface area contributed by atoms with Gasteiger partial charge in [-0.05, 0) is 54.6 Å². The van der Waals surface area contributed by atoms with Crippen LogP contribution in [0.2, 0.25) is 0 Å². The lowest BCUT2D eigenvalue weighted by Crippen LogP contribution is -2.51. The maximum Gasteiger partial charge on any atom is 0.254 e. The summed E-state index contributed by atoms with van der Waals surface area (Å²) in [5, 5.41) is 5.84. The number of methoxy groups -OCH3 is 1. The molecular weight excluding hydrogens is 462 g/mol. The van der Waals surface area contributed by atoms with Crippen LogP contribution in [0, 0.1) is 0 Å². The molecule has 0 bridgehead atoms. The molecule has 2 aromatic heterocycles. The first kappa shape index (κ1) is 21.7. The lowest BCUT2D eigenvalue weighted by Gasteiger charge is -2.46. The van der Waals surface area contributed by atoms with Gasteiger partial charge in [0.25, 0.3) is 5.91 Å². The fraction of sp³-hybridized carbons (Fsp3) is 0.200. The molecular formula is C30H27N5O2. The Hall–Kier alpha value is -4.52. The summed E-state index contributed by atoms with van der Waals surface area (Å²) in [6.45, 7) is 1.35. The second-order valence-electron chi connectivity index (χ2n) is 9.79. The van der Waals surface area contributed by atoms with E-state index in [0.717, 1.165) is 52.0 Å². The zero-order valence-corrected chi connectivity index (χ0v) is 20.6. The molecule has 2 aliphatic heterocycles. The van der Waals surface area contributed by atoms with Crippen LogP contribution in [0.3, 0.4) is 0 Å². The number of nitrogens with zero attached hydrogens (tertiary/aromatic N) is 4. The Morgan fingerprint density at radius 3 is 2.54 bits per heavy atom. The molecule has 1 fully saturated rings. The summed E-state index contributed by atoms with van der Waals surface area (Å²) < 4.78 is 9.74. The molecule has 2 aliphatic rings. The molecule has 0 radical (unpaired) electrons. The Kier molecular flexibility index (Phi) is 4.86. The minimum absolute atomic E-state index is 0.0801. The number of carbonyl (C=O) groups is 1. The first-order chi connectivity index (χ1) is 18.2. The number of anilines is 1. The molecule has 5 aromatic rings. The maximum atomic E-state index is 13.8. The highest BCUT2D eigenvalue weighted by Crippen LogP contribution is 2.44. The van der Waals surface area contributed by atoms with Crippen LogP contribution in [0.25, 0.3) is 22.1 Å². The lowest BCUT2D eigenvalue weighted by molar-refractivity contribution is 0.0678. The van der Waals surface area contributed by atoms with E-state index in [1.54, 1.807) is 19.6 Å². The largest absolute Gasteiger partial charge is 0.497 e. The van der Waals surface area contributed by atoms with Gasteiger partial charge in [0.15, 0.2) is 0 Å². The van der Waals surface area contributed by atoms with E-state index in [0.29, 0.717) is 13.1 Å². The fourth-order valence-electron chi connectivity index (χ4n) is 5.99. The Bertz CT molecular complexity index is 1630. The Morgan fingerprint density at radius 2 is 1.76 bits per heavy atom. The fourth-order valence-corrected chi connectivity index (χ4v) is 5.99. The highest BCUT2D eigenvalue weighted by Gasteiger charge is 2.42. The summed E-state index contributed by atoms with van der Waals surface area (Å²) in [7, 11) is 1.69. The number of fused-ring (bicyclic) bond motifs is 5. The summed E-state index contributed by atoms with van der Waals surface area (Å²) in [6.07, 6.45) is 9.24. The third-order valence-corrected chi connectivity index (χ3v) is 7.89. The second-order valence-corrected chi connectivity index (χ2v) is 9.79. The third kappa shape index (κ3) is 3.34. The number of hydrogen-bond acceptors (Lipinski definition) is 4. The molecule has 37 heavy (non-hydrogen) atoms. The summed E-state index contributed by atoms with van der Waals surface area (Å²) in [4.78, 5) is 20.0. The summed E-state index contributed by atoms with van der Waals surface area (Å²) in [5.41, 5.74) is 4.95. The van der Waals surface area contributed by atoms with Crippen molar-refractivity contribution in [1.82, 2.24) is 19.0 Å². The lowest BCUT2D eigenvalue weighted by atomic mass is 9.82. The molecule has 1 spiro atoms. The van der Waals surface area contributed by atoms with Crippen LogP contribution in [0.1, 0.15) is 28.9 Å². The number of imidazole rings is 1. The van der Waals surface area contributed by atoms with Crippen molar-refractivity contribution in [3.8, 4) is 17.1 Å². The normalized spacial score (nSPS) is 15.8. The van der Waals surface area contributed by atoms with Crippen LogP contribution < -0.4 is 10.1 Å².